The molecule has 1 saturated heterocycles. The molecule has 0 aromatic heterocycles. The van der Waals surface area contributed by atoms with Crippen LogP contribution in [0.3, 0.4) is 0 Å². The highest BCUT2D eigenvalue weighted by atomic mass is 19.1. The normalized spacial score (nSPS) is 20.1. The summed E-state index contributed by atoms with van der Waals surface area (Å²) in [6.45, 7) is 0.928. The van der Waals surface area contributed by atoms with Gasteiger partial charge < -0.3 is 10.1 Å². The molecule has 1 N–H and O–H groups in total. The van der Waals surface area contributed by atoms with E-state index in [0.717, 1.165) is 19.4 Å². The SMILES string of the molecule is COc1ccc(F)c(CC2CCCN2)c1F. The lowest BCUT2D eigenvalue weighted by Crippen LogP contribution is -2.24. The molecule has 1 unspecified atom stereocenters. The number of benzene rings is 1. The van der Waals surface area contributed by atoms with E-state index < -0.39 is 11.6 Å². The van der Waals surface area contributed by atoms with Gasteiger partial charge in [0.25, 0.3) is 0 Å². The number of hydrogen-bond donors (Lipinski definition) is 1. The third-order valence-electron chi connectivity index (χ3n) is 2.98. The number of ether oxygens (including phenoxy) is 1. The van der Waals surface area contributed by atoms with E-state index in [1.165, 1.54) is 19.2 Å². The average molecular weight is 227 g/mol. The second-order valence-electron chi connectivity index (χ2n) is 4.04. The molecule has 4 heteroatoms. The van der Waals surface area contributed by atoms with Crippen LogP contribution in [-0.4, -0.2) is 19.7 Å². The predicted octanol–water partition coefficient (Wildman–Crippen LogP) is 2.27. The van der Waals surface area contributed by atoms with Crippen molar-refractivity contribution in [3.05, 3.63) is 29.3 Å². The smallest absolute Gasteiger partial charge is 0.171 e. The number of rotatable bonds is 3. The van der Waals surface area contributed by atoms with Gasteiger partial charge in [0, 0.05) is 11.6 Å². The molecule has 1 aliphatic rings. The van der Waals surface area contributed by atoms with Crippen molar-refractivity contribution in [2.45, 2.75) is 25.3 Å². The molecule has 1 aromatic carbocycles. The van der Waals surface area contributed by atoms with Gasteiger partial charge in [-0.15, -0.1) is 0 Å². The Morgan fingerprint density at radius 1 is 1.44 bits per heavy atom. The molecule has 1 fully saturated rings. The fraction of sp³-hybridized carbons (Fsp3) is 0.500. The van der Waals surface area contributed by atoms with E-state index in [0.29, 0.717) is 6.42 Å². The molecule has 1 aromatic rings. The van der Waals surface area contributed by atoms with Crippen LogP contribution in [0.4, 0.5) is 8.78 Å². The summed E-state index contributed by atoms with van der Waals surface area (Å²) in [5, 5.41) is 3.22. The molecule has 1 heterocycles. The molecular weight excluding hydrogens is 212 g/mol. The molecular formula is C12H15F2NO. The maximum Gasteiger partial charge on any atom is 0.171 e. The van der Waals surface area contributed by atoms with Crippen LogP contribution < -0.4 is 10.1 Å². The summed E-state index contributed by atoms with van der Waals surface area (Å²) in [6, 6.07) is 2.75. The number of methoxy groups -OCH3 is 1. The van der Waals surface area contributed by atoms with Crippen LogP contribution >= 0.6 is 0 Å². The minimum atomic E-state index is -0.573. The van der Waals surface area contributed by atoms with Crippen molar-refractivity contribution in [1.82, 2.24) is 5.32 Å². The molecule has 0 amide bonds. The molecule has 1 aliphatic heterocycles. The maximum absolute atomic E-state index is 13.8. The van der Waals surface area contributed by atoms with E-state index in [4.69, 9.17) is 4.74 Å². The summed E-state index contributed by atoms with van der Waals surface area (Å²) in [5.74, 6) is -0.961. The Bertz CT molecular complexity index is 376. The molecule has 0 spiro atoms. The van der Waals surface area contributed by atoms with Crippen LogP contribution in [0.1, 0.15) is 18.4 Å². The second-order valence-corrected chi connectivity index (χ2v) is 4.04. The first-order valence-corrected chi connectivity index (χ1v) is 5.46. The lowest BCUT2D eigenvalue weighted by atomic mass is 10.0. The molecule has 0 radical (unpaired) electrons. The van der Waals surface area contributed by atoms with Crippen molar-refractivity contribution in [3.63, 3.8) is 0 Å². The zero-order valence-electron chi connectivity index (χ0n) is 9.22. The van der Waals surface area contributed by atoms with Crippen molar-refractivity contribution in [2.24, 2.45) is 0 Å². The largest absolute Gasteiger partial charge is 0.494 e. The van der Waals surface area contributed by atoms with Gasteiger partial charge >= 0.3 is 0 Å². The Labute approximate surface area is 93.6 Å². The van der Waals surface area contributed by atoms with Crippen molar-refractivity contribution < 1.29 is 13.5 Å². The molecule has 2 nitrogen and oxygen atoms in total. The van der Waals surface area contributed by atoms with Gasteiger partial charge in [0.15, 0.2) is 11.6 Å². The Morgan fingerprint density at radius 3 is 2.88 bits per heavy atom. The van der Waals surface area contributed by atoms with Crippen molar-refractivity contribution in [2.75, 3.05) is 13.7 Å². The van der Waals surface area contributed by atoms with E-state index in [1.807, 2.05) is 0 Å². The summed E-state index contributed by atoms with van der Waals surface area (Å²) in [4.78, 5) is 0. The molecule has 88 valence electrons. The molecule has 16 heavy (non-hydrogen) atoms. The second kappa shape index (κ2) is 4.78. The molecule has 0 aliphatic carbocycles. The first-order chi connectivity index (χ1) is 7.72. The lowest BCUT2D eigenvalue weighted by Gasteiger charge is -2.13. The molecule has 0 bridgehead atoms. The predicted molar refractivity (Wildman–Crippen MR) is 57.6 cm³/mol. The van der Waals surface area contributed by atoms with Gasteiger partial charge in [0.1, 0.15) is 5.82 Å². The molecule has 1 atom stereocenters. The van der Waals surface area contributed by atoms with E-state index in [-0.39, 0.29) is 17.4 Å². The monoisotopic (exact) mass is 227 g/mol. The van der Waals surface area contributed by atoms with Gasteiger partial charge in [-0.3, -0.25) is 0 Å². The number of nitrogens with one attached hydrogen (secondary N) is 1. The van der Waals surface area contributed by atoms with E-state index in [9.17, 15) is 8.78 Å². The number of hydrogen-bond acceptors (Lipinski definition) is 2. The zero-order chi connectivity index (χ0) is 11.5. The zero-order valence-corrected chi connectivity index (χ0v) is 9.22. The van der Waals surface area contributed by atoms with Gasteiger partial charge in [0.2, 0.25) is 0 Å². The summed E-state index contributed by atoms with van der Waals surface area (Å²) < 4.78 is 32.1. The van der Waals surface area contributed by atoms with Crippen molar-refractivity contribution >= 4 is 0 Å². The van der Waals surface area contributed by atoms with E-state index >= 15 is 0 Å². The summed E-state index contributed by atoms with van der Waals surface area (Å²) >= 11 is 0. The van der Waals surface area contributed by atoms with E-state index in [2.05, 4.69) is 5.32 Å². The summed E-state index contributed by atoms with van der Waals surface area (Å²) in [5.41, 5.74) is 0.124. The van der Waals surface area contributed by atoms with Gasteiger partial charge in [-0.05, 0) is 37.9 Å². The highest BCUT2D eigenvalue weighted by Crippen LogP contribution is 2.25. The van der Waals surface area contributed by atoms with Crippen LogP contribution in [0.25, 0.3) is 0 Å². The lowest BCUT2D eigenvalue weighted by molar-refractivity contribution is 0.379. The summed E-state index contributed by atoms with van der Waals surface area (Å²) in [7, 11) is 1.38. The quantitative estimate of drug-likeness (QED) is 0.855. The Morgan fingerprint density at radius 2 is 2.25 bits per heavy atom. The average Bonchev–Trinajstić information content (AvgIpc) is 2.77. The first kappa shape index (κ1) is 11.3. The standard InChI is InChI=1S/C12H15F2NO/c1-16-11-5-4-10(13)9(12(11)14)7-8-3-2-6-15-8/h4-5,8,15H,2-3,6-7H2,1H3. The van der Waals surface area contributed by atoms with Gasteiger partial charge in [-0.1, -0.05) is 0 Å². The van der Waals surface area contributed by atoms with Crippen LogP contribution in [0.5, 0.6) is 5.75 Å². The van der Waals surface area contributed by atoms with Crippen LogP contribution in [0.15, 0.2) is 12.1 Å². The fourth-order valence-corrected chi connectivity index (χ4v) is 2.10. The van der Waals surface area contributed by atoms with Gasteiger partial charge in [-0.2, -0.15) is 0 Å². The minimum absolute atomic E-state index is 0.106. The third kappa shape index (κ3) is 2.16. The van der Waals surface area contributed by atoms with Crippen LogP contribution in [0, 0.1) is 11.6 Å². The highest BCUT2D eigenvalue weighted by molar-refractivity contribution is 5.33. The maximum atomic E-state index is 13.8. The van der Waals surface area contributed by atoms with E-state index in [1.54, 1.807) is 0 Å². The Balaban J connectivity index is 2.23. The van der Waals surface area contributed by atoms with Crippen molar-refractivity contribution in [3.8, 4) is 5.75 Å². The molecule has 0 saturated carbocycles. The van der Waals surface area contributed by atoms with Crippen molar-refractivity contribution in [1.29, 1.82) is 0 Å². The van der Waals surface area contributed by atoms with Crippen LogP contribution in [-0.2, 0) is 6.42 Å². The Hall–Kier alpha value is -1.16. The fourth-order valence-electron chi connectivity index (χ4n) is 2.10. The highest BCUT2D eigenvalue weighted by Gasteiger charge is 2.20. The molecule has 2 rings (SSSR count). The third-order valence-corrected chi connectivity index (χ3v) is 2.98. The van der Waals surface area contributed by atoms with Gasteiger partial charge in [0.05, 0.1) is 7.11 Å². The first-order valence-electron chi connectivity index (χ1n) is 5.46. The van der Waals surface area contributed by atoms with Crippen LogP contribution in [0.2, 0.25) is 0 Å². The van der Waals surface area contributed by atoms with Gasteiger partial charge in [-0.25, -0.2) is 8.78 Å². The Kier molecular flexibility index (Phi) is 3.39. The topological polar surface area (TPSA) is 21.3 Å². The number of halogens is 2. The minimum Gasteiger partial charge on any atom is -0.494 e. The summed E-state index contributed by atoms with van der Waals surface area (Å²) in [6.07, 6.45) is 2.42.